The summed E-state index contributed by atoms with van der Waals surface area (Å²) in [4.78, 5) is 0.319. The van der Waals surface area contributed by atoms with Crippen LogP contribution in [0.1, 0.15) is 17.7 Å². The number of nitrogens with two attached hydrogens (primary N) is 1. The fraction of sp³-hybridized carbons (Fsp3) is 0.600. The average Bonchev–Trinajstić information content (AvgIpc) is 2.76. The molecule has 0 aromatic carbocycles. The predicted octanol–water partition coefficient (Wildman–Crippen LogP) is 0.530. The van der Waals surface area contributed by atoms with E-state index in [2.05, 4.69) is 5.10 Å². The van der Waals surface area contributed by atoms with Gasteiger partial charge in [-0.2, -0.15) is 5.10 Å². The van der Waals surface area contributed by atoms with Gasteiger partial charge in [0.05, 0.1) is 24.5 Å². The third-order valence-electron chi connectivity index (χ3n) is 2.58. The summed E-state index contributed by atoms with van der Waals surface area (Å²) in [5.41, 5.74) is 7.19. The van der Waals surface area contributed by atoms with Gasteiger partial charge in [-0.25, -0.2) is 4.68 Å². The van der Waals surface area contributed by atoms with Crippen molar-refractivity contribution in [2.45, 2.75) is 19.4 Å². The lowest BCUT2D eigenvalue weighted by molar-refractivity contribution is 0.134. The molecule has 1 aromatic heterocycles. The summed E-state index contributed by atoms with van der Waals surface area (Å²) in [6.45, 7) is 3.22. The smallest absolute Gasteiger partial charge is 0.222 e. The van der Waals surface area contributed by atoms with Crippen LogP contribution in [0.3, 0.4) is 0 Å². The Labute approximate surface area is 99.5 Å². The average molecular weight is 241 g/mol. The summed E-state index contributed by atoms with van der Waals surface area (Å²) in [5, 5.41) is 4.26. The van der Waals surface area contributed by atoms with Gasteiger partial charge in [-0.3, -0.25) is 0 Å². The molecule has 5 nitrogen and oxygen atoms in total. The first-order valence-corrected chi connectivity index (χ1v) is 5.58. The summed E-state index contributed by atoms with van der Waals surface area (Å²) in [7, 11) is 1.82. The molecule has 6 heteroatoms. The van der Waals surface area contributed by atoms with E-state index in [-0.39, 0.29) is 6.10 Å². The molecule has 1 unspecified atom stereocenters. The minimum absolute atomic E-state index is 0.0721. The minimum atomic E-state index is 0.0721. The first kappa shape index (κ1) is 11.3. The number of thiocarbonyl (C=S) groups is 1. The second-order valence-electron chi connectivity index (χ2n) is 3.86. The fourth-order valence-corrected chi connectivity index (χ4v) is 2.05. The maximum Gasteiger partial charge on any atom is 0.222 e. The highest BCUT2D eigenvalue weighted by Gasteiger charge is 2.23. The molecule has 2 N–H and O–H groups in total. The lowest BCUT2D eigenvalue weighted by Gasteiger charge is -2.13. The Bertz CT molecular complexity index is 410. The standard InChI is InChI=1S/C10H15N3O2S/c1-6-8(9(11)16)10(13(2)12-6)15-7-3-4-14-5-7/h7H,3-5H2,1-2H3,(H2,11,16). The van der Waals surface area contributed by atoms with Crippen LogP contribution in [-0.4, -0.2) is 34.1 Å². The number of rotatable bonds is 3. The van der Waals surface area contributed by atoms with Crippen LogP contribution < -0.4 is 10.5 Å². The van der Waals surface area contributed by atoms with Gasteiger partial charge in [0.15, 0.2) is 0 Å². The van der Waals surface area contributed by atoms with Crippen LogP contribution in [-0.2, 0) is 11.8 Å². The van der Waals surface area contributed by atoms with Crippen molar-refractivity contribution in [3.05, 3.63) is 11.3 Å². The topological polar surface area (TPSA) is 62.3 Å². The SMILES string of the molecule is Cc1nn(C)c(OC2CCOC2)c1C(N)=S. The van der Waals surface area contributed by atoms with Crippen LogP contribution in [0, 0.1) is 6.92 Å². The van der Waals surface area contributed by atoms with E-state index in [4.69, 9.17) is 27.4 Å². The second-order valence-corrected chi connectivity index (χ2v) is 4.30. The fourth-order valence-electron chi connectivity index (χ4n) is 1.82. The van der Waals surface area contributed by atoms with Gasteiger partial charge in [0.2, 0.25) is 5.88 Å². The molecular weight excluding hydrogens is 226 g/mol. The van der Waals surface area contributed by atoms with E-state index in [1.807, 2.05) is 14.0 Å². The summed E-state index contributed by atoms with van der Waals surface area (Å²) in [5.74, 6) is 0.639. The molecule has 2 rings (SSSR count). The molecule has 1 saturated heterocycles. The van der Waals surface area contributed by atoms with E-state index in [1.54, 1.807) is 4.68 Å². The zero-order valence-electron chi connectivity index (χ0n) is 9.40. The number of nitrogens with zero attached hydrogens (tertiary/aromatic N) is 2. The Balaban J connectivity index is 2.27. The lowest BCUT2D eigenvalue weighted by Crippen LogP contribution is -2.20. The molecule has 1 aliphatic heterocycles. The summed E-state index contributed by atoms with van der Waals surface area (Å²) in [6.07, 6.45) is 0.962. The predicted molar refractivity (Wildman–Crippen MR) is 63.7 cm³/mol. The number of ether oxygens (including phenoxy) is 2. The third kappa shape index (κ3) is 2.03. The van der Waals surface area contributed by atoms with Crippen molar-refractivity contribution >= 4 is 17.2 Å². The van der Waals surface area contributed by atoms with Crippen LogP contribution in [0.4, 0.5) is 0 Å². The van der Waals surface area contributed by atoms with E-state index in [0.29, 0.717) is 17.5 Å². The first-order valence-electron chi connectivity index (χ1n) is 5.17. The van der Waals surface area contributed by atoms with Crippen LogP contribution in [0.2, 0.25) is 0 Å². The van der Waals surface area contributed by atoms with Crippen molar-refractivity contribution in [1.29, 1.82) is 0 Å². The molecule has 2 heterocycles. The number of aromatic nitrogens is 2. The highest BCUT2D eigenvalue weighted by atomic mass is 32.1. The van der Waals surface area contributed by atoms with E-state index >= 15 is 0 Å². The van der Waals surface area contributed by atoms with Gasteiger partial charge in [0.25, 0.3) is 0 Å². The molecule has 88 valence electrons. The molecule has 1 fully saturated rings. The maximum atomic E-state index is 5.83. The van der Waals surface area contributed by atoms with E-state index in [1.165, 1.54) is 0 Å². The maximum absolute atomic E-state index is 5.83. The van der Waals surface area contributed by atoms with Crippen LogP contribution in [0.5, 0.6) is 5.88 Å². The Morgan fingerprint density at radius 2 is 2.44 bits per heavy atom. The van der Waals surface area contributed by atoms with Crippen molar-refractivity contribution in [3.8, 4) is 5.88 Å². The van der Waals surface area contributed by atoms with Crippen LogP contribution >= 0.6 is 12.2 Å². The van der Waals surface area contributed by atoms with Gasteiger partial charge in [-0.1, -0.05) is 12.2 Å². The van der Waals surface area contributed by atoms with Gasteiger partial charge in [-0.05, 0) is 6.92 Å². The van der Waals surface area contributed by atoms with E-state index < -0.39 is 0 Å². The van der Waals surface area contributed by atoms with Crippen LogP contribution in [0.15, 0.2) is 0 Å². The molecule has 0 spiro atoms. The van der Waals surface area contributed by atoms with Crippen LogP contribution in [0.25, 0.3) is 0 Å². The van der Waals surface area contributed by atoms with Gasteiger partial charge in [0, 0.05) is 13.5 Å². The molecule has 0 amide bonds. The summed E-state index contributed by atoms with van der Waals surface area (Å²) >= 11 is 5.00. The first-order chi connectivity index (χ1) is 7.59. The summed E-state index contributed by atoms with van der Waals surface area (Å²) in [6, 6.07) is 0. The van der Waals surface area contributed by atoms with Gasteiger partial charge < -0.3 is 15.2 Å². The second kappa shape index (κ2) is 4.39. The van der Waals surface area contributed by atoms with Gasteiger partial charge >= 0.3 is 0 Å². The Morgan fingerprint density at radius 3 is 3.00 bits per heavy atom. The highest BCUT2D eigenvalue weighted by molar-refractivity contribution is 7.80. The monoisotopic (exact) mass is 241 g/mol. The quantitative estimate of drug-likeness (QED) is 0.782. The minimum Gasteiger partial charge on any atom is -0.471 e. The molecular formula is C10H15N3O2S. The lowest BCUT2D eigenvalue weighted by atomic mass is 10.2. The molecule has 0 saturated carbocycles. The normalized spacial score (nSPS) is 20.0. The molecule has 1 aliphatic rings. The zero-order valence-corrected chi connectivity index (χ0v) is 10.2. The van der Waals surface area contributed by atoms with Gasteiger partial charge in [-0.15, -0.1) is 0 Å². The molecule has 0 bridgehead atoms. The molecule has 1 aromatic rings. The van der Waals surface area contributed by atoms with E-state index in [0.717, 1.165) is 24.3 Å². The third-order valence-corrected chi connectivity index (χ3v) is 2.79. The van der Waals surface area contributed by atoms with Crippen molar-refractivity contribution in [3.63, 3.8) is 0 Å². The van der Waals surface area contributed by atoms with Crippen molar-refractivity contribution in [2.24, 2.45) is 12.8 Å². The number of hydrogen-bond acceptors (Lipinski definition) is 4. The van der Waals surface area contributed by atoms with Crippen molar-refractivity contribution in [1.82, 2.24) is 9.78 Å². The highest BCUT2D eigenvalue weighted by Crippen LogP contribution is 2.24. The number of hydrogen-bond donors (Lipinski definition) is 1. The molecule has 1 atom stereocenters. The number of aryl methyl sites for hydroxylation is 2. The molecule has 0 radical (unpaired) electrons. The summed E-state index contributed by atoms with van der Waals surface area (Å²) < 4.78 is 12.8. The van der Waals surface area contributed by atoms with Crippen molar-refractivity contribution in [2.75, 3.05) is 13.2 Å². The Morgan fingerprint density at radius 1 is 1.69 bits per heavy atom. The van der Waals surface area contributed by atoms with E-state index in [9.17, 15) is 0 Å². The Hall–Kier alpha value is -1.14. The largest absolute Gasteiger partial charge is 0.471 e. The molecule has 0 aliphatic carbocycles. The molecule has 16 heavy (non-hydrogen) atoms. The van der Waals surface area contributed by atoms with Gasteiger partial charge in [0.1, 0.15) is 11.1 Å². The Kier molecular flexibility index (Phi) is 3.11. The zero-order chi connectivity index (χ0) is 11.7. The van der Waals surface area contributed by atoms with Crippen molar-refractivity contribution < 1.29 is 9.47 Å².